The van der Waals surface area contributed by atoms with Crippen LogP contribution in [0.5, 0.6) is 0 Å². The van der Waals surface area contributed by atoms with E-state index < -0.39 is 29.1 Å². The molecule has 0 fully saturated rings. The molecule has 28 heavy (non-hydrogen) atoms. The number of pyridine rings is 1. The number of carbonyl (C=O) groups excluding carboxylic acids is 1. The first-order valence-corrected chi connectivity index (χ1v) is 9.06. The Hall–Kier alpha value is -3.16. The van der Waals surface area contributed by atoms with E-state index in [-0.39, 0.29) is 12.5 Å². The molecule has 2 aromatic heterocycles. The molecule has 0 spiro atoms. The molecule has 1 aliphatic heterocycles. The highest BCUT2D eigenvalue weighted by atomic mass is 16.5. The molecule has 2 aromatic rings. The monoisotopic (exact) mass is 384 g/mol. The van der Waals surface area contributed by atoms with Gasteiger partial charge in [-0.1, -0.05) is 20.4 Å². The molecule has 3 rings (SSSR count). The van der Waals surface area contributed by atoms with Gasteiger partial charge in [0.05, 0.1) is 12.2 Å². The Morgan fingerprint density at radius 3 is 2.50 bits per heavy atom. The number of rotatable bonds is 4. The number of aromatic nitrogens is 3. The Bertz CT molecular complexity index is 1040. The SMILES string of the molecule is C=C1Nc2c(c(=O)n(C)c(=O)n2C)[C@H](c2ccncc2)[C@H]1C(=O)OCC(C)C. The maximum Gasteiger partial charge on any atom is 0.332 e. The fourth-order valence-electron chi connectivity index (χ4n) is 3.45. The van der Waals surface area contributed by atoms with E-state index in [0.29, 0.717) is 17.1 Å². The first-order valence-electron chi connectivity index (χ1n) is 9.06. The third-order valence-electron chi connectivity index (χ3n) is 4.88. The van der Waals surface area contributed by atoms with Crippen LogP contribution in [0, 0.1) is 11.8 Å². The molecule has 8 nitrogen and oxygen atoms in total. The van der Waals surface area contributed by atoms with Gasteiger partial charge in [-0.2, -0.15) is 0 Å². The van der Waals surface area contributed by atoms with Gasteiger partial charge in [0.15, 0.2) is 0 Å². The fourth-order valence-corrected chi connectivity index (χ4v) is 3.45. The van der Waals surface area contributed by atoms with Crippen LogP contribution in [0.4, 0.5) is 5.82 Å². The quantitative estimate of drug-likeness (QED) is 0.800. The second-order valence-corrected chi connectivity index (χ2v) is 7.38. The number of fused-ring (bicyclic) bond motifs is 1. The van der Waals surface area contributed by atoms with Crippen molar-refractivity contribution in [3.05, 3.63) is 68.8 Å². The fraction of sp³-hybridized carbons (Fsp3) is 0.400. The number of hydrogen-bond donors (Lipinski definition) is 1. The predicted octanol–water partition coefficient (Wildman–Crippen LogP) is 1.37. The van der Waals surface area contributed by atoms with E-state index in [9.17, 15) is 14.4 Å². The highest BCUT2D eigenvalue weighted by Crippen LogP contribution is 2.42. The van der Waals surface area contributed by atoms with Crippen molar-refractivity contribution in [2.24, 2.45) is 25.9 Å². The second-order valence-electron chi connectivity index (χ2n) is 7.38. The summed E-state index contributed by atoms with van der Waals surface area (Å²) in [6.07, 6.45) is 3.20. The number of ether oxygens (including phenoxy) is 1. The Labute approximate surface area is 162 Å². The topological polar surface area (TPSA) is 95.2 Å². The van der Waals surface area contributed by atoms with E-state index in [0.717, 1.165) is 10.1 Å². The molecule has 2 atom stereocenters. The van der Waals surface area contributed by atoms with E-state index in [2.05, 4.69) is 16.9 Å². The van der Waals surface area contributed by atoms with Crippen LogP contribution >= 0.6 is 0 Å². The maximum atomic E-state index is 13.0. The molecule has 0 saturated heterocycles. The number of nitrogens with zero attached hydrogens (tertiary/aromatic N) is 3. The van der Waals surface area contributed by atoms with Gasteiger partial charge in [-0.15, -0.1) is 0 Å². The van der Waals surface area contributed by atoms with Gasteiger partial charge in [-0.05, 0) is 23.6 Å². The summed E-state index contributed by atoms with van der Waals surface area (Å²) in [6, 6.07) is 3.50. The summed E-state index contributed by atoms with van der Waals surface area (Å²) in [7, 11) is 2.99. The Kier molecular flexibility index (Phi) is 5.22. The number of esters is 1. The Morgan fingerprint density at radius 2 is 1.89 bits per heavy atom. The van der Waals surface area contributed by atoms with E-state index >= 15 is 0 Å². The average Bonchev–Trinajstić information content (AvgIpc) is 2.68. The molecular weight excluding hydrogens is 360 g/mol. The second kappa shape index (κ2) is 7.46. The van der Waals surface area contributed by atoms with Crippen molar-refractivity contribution in [2.45, 2.75) is 19.8 Å². The number of carbonyl (C=O) groups is 1. The van der Waals surface area contributed by atoms with Crippen LogP contribution in [0.3, 0.4) is 0 Å². The molecule has 0 saturated carbocycles. The van der Waals surface area contributed by atoms with E-state index in [1.807, 2.05) is 13.8 Å². The van der Waals surface area contributed by atoms with Gasteiger partial charge >= 0.3 is 11.7 Å². The molecule has 1 aliphatic rings. The molecular formula is C20H24N4O4. The molecule has 0 unspecified atom stereocenters. The molecule has 0 bridgehead atoms. The third-order valence-corrected chi connectivity index (χ3v) is 4.88. The van der Waals surface area contributed by atoms with Crippen molar-refractivity contribution in [1.82, 2.24) is 14.1 Å². The Balaban J connectivity index is 2.24. The minimum Gasteiger partial charge on any atom is -0.465 e. The van der Waals surface area contributed by atoms with Crippen molar-refractivity contribution in [2.75, 3.05) is 11.9 Å². The smallest absolute Gasteiger partial charge is 0.332 e. The van der Waals surface area contributed by atoms with Crippen LogP contribution in [-0.2, 0) is 23.6 Å². The van der Waals surface area contributed by atoms with Crippen molar-refractivity contribution in [3.63, 3.8) is 0 Å². The van der Waals surface area contributed by atoms with Gasteiger partial charge < -0.3 is 10.1 Å². The van der Waals surface area contributed by atoms with Gasteiger partial charge in [0.2, 0.25) is 0 Å². The lowest BCUT2D eigenvalue weighted by molar-refractivity contribution is -0.148. The molecule has 0 aromatic carbocycles. The lowest BCUT2D eigenvalue weighted by atomic mass is 9.77. The van der Waals surface area contributed by atoms with E-state index in [1.165, 1.54) is 11.6 Å². The van der Waals surface area contributed by atoms with Crippen LogP contribution in [-0.4, -0.2) is 26.7 Å². The van der Waals surface area contributed by atoms with E-state index in [1.54, 1.807) is 31.6 Å². The van der Waals surface area contributed by atoms with Gasteiger partial charge in [-0.3, -0.25) is 23.7 Å². The highest BCUT2D eigenvalue weighted by Gasteiger charge is 2.42. The summed E-state index contributed by atoms with van der Waals surface area (Å²) in [5.41, 5.74) is 0.516. The van der Waals surface area contributed by atoms with Crippen molar-refractivity contribution in [3.8, 4) is 0 Å². The standard InChI is InChI=1S/C20H24N4O4/c1-11(2)10-28-19(26)14-12(3)22-17-16(15(14)13-6-8-21-9-7-13)18(25)24(5)20(27)23(17)4/h6-9,11,14-15,22H,3,10H2,1-2,4-5H3/t14-,15+/m0/s1. The first-order chi connectivity index (χ1) is 13.2. The van der Waals surface area contributed by atoms with Crippen molar-refractivity contribution in [1.29, 1.82) is 0 Å². The zero-order valence-corrected chi connectivity index (χ0v) is 16.4. The lowest BCUT2D eigenvalue weighted by Crippen LogP contribution is -2.46. The average molecular weight is 384 g/mol. The molecule has 0 radical (unpaired) electrons. The van der Waals surface area contributed by atoms with Crippen LogP contribution in [0.25, 0.3) is 0 Å². The summed E-state index contributed by atoms with van der Waals surface area (Å²) in [4.78, 5) is 42.3. The third kappa shape index (κ3) is 3.26. The summed E-state index contributed by atoms with van der Waals surface area (Å²) in [6.45, 7) is 8.15. The van der Waals surface area contributed by atoms with Gasteiger partial charge in [0.1, 0.15) is 11.7 Å². The number of anilines is 1. The lowest BCUT2D eigenvalue weighted by Gasteiger charge is -2.35. The minimum atomic E-state index is -0.807. The molecule has 0 amide bonds. The normalized spacial score (nSPS) is 18.5. The highest BCUT2D eigenvalue weighted by molar-refractivity contribution is 5.81. The number of nitrogens with one attached hydrogen (secondary N) is 1. The molecule has 148 valence electrons. The van der Waals surface area contributed by atoms with Crippen LogP contribution in [0.15, 0.2) is 46.4 Å². The molecule has 8 heteroatoms. The molecule has 0 aliphatic carbocycles. The maximum absolute atomic E-state index is 13.0. The molecule has 1 N–H and O–H groups in total. The largest absolute Gasteiger partial charge is 0.465 e. The Morgan fingerprint density at radius 1 is 1.25 bits per heavy atom. The molecule has 3 heterocycles. The van der Waals surface area contributed by atoms with E-state index in [4.69, 9.17) is 4.74 Å². The summed E-state index contributed by atoms with van der Waals surface area (Å²) in [5, 5.41) is 2.99. The summed E-state index contributed by atoms with van der Waals surface area (Å²) < 4.78 is 7.87. The summed E-state index contributed by atoms with van der Waals surface area (Å²) in [5.74, 6) is -1.40. The van der Waals surface area contributed by atoms with Crippen molar-refractivity contribution >= 4 is 11.8 Å². The summed E-state index contributed by atoms with van der Waals surface area (Å²) >= 11 is 0. The van der Waals surface area contributed by atoms with Gasteiger partial charge in [0.25, 0.3) is 5.56 Å². The van der Waals surface area contributed by atoms with Crippen LogP contribution in [0.2, 0.25) is 0 Å². The van der Waals surface area contributed by atoms with Gasteiger partial charge in [-0.25, -0.2) is 4.79 Å². The number of hydrogen-bond acceptors (Lipinski definition) is 6. The predicted molar refractivity (Wildman–Crippen MR) is 105 cm³/mol. The zero-order valence-electron chi connectivity index (χ0n) is 16.4. The zero-order chi connectivity index (χ0) is 20.6. The minimum absolute atomic E-state index is 0.175. The van der Waals surface area contributed by atoms with Crippen LogP contribution < -0.4 is 16.6 Å². The van der Waals surface area contributed by atoms with Crippen LogP contribution in [0.1, 0.15) is 30.9 Å². The van der Waals surface area contributed by atoms with Gasteiger partial charge in [0, 0.05) is 38.1 Å². The first kappa shape index (κ1) is 19.6. The van der Waals surface area contributed by atoms with Crippen molar-refractivity contribution < 1.29 is 9.53 Å².